The maximum absolute atomic E-state index is 13.2. The lowest BCUT2D eigenvalue weighted by molar-refractivity contribution is -0.0115. The van der Waals surface area contributed by atoms with Gasteiger partial charge < -0.3 is 14.8 Å². The molecule has 3 heterocycles. The van der Waals surface area contributed by atoms with Gasteiger partial charge in [-0.15, -0.1) is 12.4 Å². The van der Waals surface area contributed by atoms with Crippen molar-refractivity contribution in [1.29, 1.82) is 0 Å². The van der Waals surface area contributed by atoms with Gasteiger partial charge in [0.05, 0.1) is 6.04 Å². The summed E-state index contributed by atoms with van der Waals surface area (Å²) < 4.78 is 1.68. The van der Waals surface area contributed by atoms with E-state index in [1.54, 1.807) is 10.8 Å². The van der Waals surface area contributed by atoms with Gasteiger partial charge in [0, 0.05) is 24.7 Å². The molecule has 1 N–H and O–H groups in total. The SMILES string of the molecule is Cc1ccn(C(C)c2ccccc2)c(=O)c1C(=O)N1CC2(CCNCC2)C1.Cl. The Balaban J connectivity index is 0.00000225. The van der Waals surface area contributed by atoms with Crippen molar-refractivity contribution in [3.8, 4) is 0 Å². The summed E-state index contributed by atoms with van der Waals surface area (Å²) in [6, 6.07) is 11.7. The van der Waals surface area contributed by atoms with Crippen LogP contribution in [0.2, 0.25) is 0 Å². The average Bonchev–Trinajstić information content (AvgIpc) is 2.67. The van der Waals surface area contributed by atoms with E-state index in [0.29, 0.717) is 5.56 Å². The van der Waals surface area contributed by atoms with E-state index in [1.165, 1.54) is 0 Å². The lowest BCUT2D eigenvalue weighted by Crippen LogP contribution is -2.62. The third-order valence-electron chi connectivity index (χ3n) is 6.24. The van der Waals surface area contributed by atoms with Crippen molar-refractivity contribution < 1.29 is 4.79 Å². The molecule has 2 saturated heterocycles. The Bertz CT molecular complexity index is 896. The van der Waals surface area contributed by atoms with Crippen LogP contribution in [0.5, 0.6) is 0 Å². The van der Waals surface area contributed by atoms with Crippen LogP contribution in [0, 0.1) is 12.3 Å². The molecule has 150 valence electrons. The topological polar surface area (TPSA) is 54.3 Å². The molecule has 2 aromatic rings. The molecule has 5 nitrogen and oxygen atoms in total. The predicted octanol–water partition coefficient (Wildman–Crippen LogP) is 3.01. The van der Waals surface area contributed by atoms with Gasteiger partial charge in [0.25, 0.3) is 11.5 Å². The first-order valence-electron chi connectivity index (χ1n) is 9.77. The normalized spacial score (nSPS) is 18.9. The van der Waals surface area contributed by atoms with E-state index in [1.807, 2.05) is 55.1 Å². The molecule has 0 aliphatic carbocycles. The van der Waals surface area contributed by atoms with Crippen molar-refractivity contribution in [1.82, 2.24) is 14.8 Å². The minimum Gasteiger partial charge on any atom is -0.337 e. The number of nitrogens with one attached hydrogen (secondary N) is 1. The second kappa shape index (κ2) is 8.10. The molecule has 0 saturated carbocycles. The number of likely N-dealkylation sites (tertiary alicyclic amines) is 1. The molecule has 6 heteroatoms. The molecule has 2 aliphatic rings. The first-order chi connectivity index (χ1) is 13.0. The molecule has 0 radical (unpaired) electrons. The van der Waals surface area contributed by atoms with Gasteiger partial charge in [-0.1, -0.05) is 30.3 Å². The van der Waals surface area contributed by atoms with Crippen LogP contribution in [-0.4, -0.2) is 41.6 Å². The van der Waals surface area contributed by atoms with Gasteiger partial charge in [-0.05, 0) is 57.0 Å². The van der Waals surface area contributed by atoms with Crippen LogP contribution >= 0.6 is 12.4 Å². The van der Waals surface area contributed by atoms with E-state index in [9.17, 15) is 9.59 Å². The summed E-state index contributed by atoms with van der Waals surface area (Å²) in [5.74, 6) is -0.115. The van der Waals surface area contributed by atoms with Crippen LogP contribution in [0.4, 0.5) is 0 Å². The number of halogens is 1. The molecule has 28 heavy (non-hydrogen) atoms. The van der Waals surface area contributed by atoms with Crippen LogP contribution in [0.15, 0.2) is 47.4 Å². The number of amides is 1. The Labute approximate surface area is 172 Å². The number of aryl methyl sites for hydroxylation is 1. The van der Waals surface area contributed by atoms with Gasteiger partial charge in [0.2, 0.25) is 0 Å². The molecule has 1 unspecified atom stereocenters. The number of piperidine rings is 1. The number of aromatic nitrogens is 1. The van der Waals surface area contributed by atoms with Crippen LogP contribution < -0.4 is 10.9 Å². The quantitative estimate of drug-likeness (QED) is 0.860. The van der Waals surface area contributed by atoms with Crippen molar-refractivity contribution in [2.75, 3.05) is 26.2 Å². The minimum absolute atomic E-state index is 0. The lowest BCUT2D eigenvalue weighted by atomic mass is 9.72. The highest BCUT2D eigenvalue weighted by Crippen LogP contribution is 2.39. The zero-order valence-electron chi connectivity index (χ0n) is 16.5. The van der Waals surface area contributed by atoms with Crippen molar-refractivity contribution in [2.45, 2.75) is 32.7 Å². The van der Waals surface area contributed by atoms with Crippen molar-refractivity contribution in [3.05, 3.63) is 69.6 Å². The summed E-state index contributed by atoms with van der Waals surface area (Å²) in [5.41, 5.74) is 2.21. The minimum atomic E-state index is -0.192. The van der Waals surface area contributed by atoms with Gasteiger partial charge in [-0.25, -0.2) is 0 Å². The van der Waals surface area contributed by atoms with E-state index >= 15 is 0 Å². The summed E-state index contributed by atoms with van der Waals surface area (Å²) in [7, 11) is 0. The van der Waals surface area contributed by atoms with Crippen molar-refractivity contribution in [3.63, 3.8) is 0 Å². The number of benzene rings is 1. The van der Waals surface area contributed by atoms with E-state index in [4.69, 9.17) is 0 Å². The molecule has 2 aliphatic heterocycles. The number of hydrogen-bond acceptors (Lipinski definition) is 3. The average molecular weight is 402 g/mol. The zero-order valence-corrected chi connectivity index (χ0v) is 17.3. The number of pyridine rings is 1. The number of carbonyl (C=O) groups excluding carboxylic acids is 1. The van der Waals surface area contributed by atoms with E-state index in [-0.39, 0.29) is 35.3 Å². The Morgan fingerprint density at radius 2 is 1.75 bits per heavy atom. The van der Waals surface area contributed by atoms with Gasteiger partial charge in [0.15, 0.2) is 0 Å². The first kappa shape index (κ1) is 20.6. The largest absolute Gasteiger partial charge is 0.337 e. The molecule has 1 aromatic heterocycles. The Morgan fingerprint density at radius 3 is 2.39 bits per heavy atom. The van der Waals surface area contributed by atoms with Gasteiger partial charge in [-0.3, -0.25) is 9.59 Å². The summed E-state index contributed by atoms with van der Waals surface area (Å²) in [6.07, 6.45) is 4.02. The lowest BCUT2D eigenvalue weighted by Gasteiger charge is -2.52. The fourth-order valence-corrected chi connectivity index (χ4v) is 4.44. The van der Waals surface area contributed by atoms with Gasteiger partial charge >= 0.3 is 0 Å². The third-order valence-corrected chi connectivity index (χ3v) is 6.24. The molecule has 1 amide bonds. The van der Waals surface area contributed by atoms with Crippen molar-refractivity contribution >= 4 is 18.3 Å². The van der Waals surface area contributed by atoms with Crippen LogP contribution in [0.3, 0.4) is 0 Å². The molecule has 1 aromatic carbocycles. The number of hydrogen-bond donors (Lipinski definition) is 1. The van der Waals surface area contributed by atoms with Crippen LogP contribution in [-0.2, 0) is 0 Å². The highest BCUT2D eigenvalue weighted by atomic mass is 35.5. The fraction of sp³-hybridized carbons (Fsp3) is 0.455. The molecule has 0 bridgehead atoms. The smallest absolute Gasteiger partial charge is 0.264 e. The van der Waals surface area contributed by atoms with E-state index < -0.39 is 0 Å². The Kier molecular flexibility index (Phi) is 5.96. The molecule has 1 atom stereocenters. The molecule has 2 fully saturated rings. The third kappa shape index (κ3) is 3.61. The van der Waals surface area contributed by atoms with E-state index in [0.717, 1.165) is 50.1 Å². The standard InChI is InChI=1S/C22H27N3O2.ClH/c1-16-8-13-25(17(2)18-6-4-3-5-7-18)21(27)19(16)20(26)24-14-22(15-24)9-11-23-12-10-22;/h3-8,13,17,23H,9-12,14-15H2,1-2H3;1H. The second-order valence-corrected chi connectivity index (χ2v) is 8.08. The predicted molar refractivity (Wildman–Crippen MR) is 113 cm³/mol. The first-order valence-corrected chi connectivity index (χ1v) is 9.77. The van der Waals surface area contributed by atoms with Crippen molar-refractivity contribution in [2.24, 2.45) is 5.41 Å². The number of nitrogens with zero attached hydrogens (tertiary/aromatic N) is 2. The molecule has 1 spiro atoms. The van der Waals surface area contributed by atoms with Gasteiger partial charge in [0.1, 0.15) is 5.56 Å². The Hall–Kier alpha value is -2.11. The summed E-state index contributed by atoms with van der Waals surface area (Å²) in [6.45, 7) is 7.44. The highest BCUT2D eigenvalue weighted by Gasteiger charge is 2.46. The maximum Gasteiger partial charge on any atom is 0.264 e. The van der Waals surface area contributed by atoms with Crippen LogP contribution in [0.1, 0.15) is 47.3 Å². The summed E-state index contributed by atoms with van der Waals surface area (Å²) in [5, 5.41) is 3.38. The number of rotatable bonds is 3. The maximum atomic E-state index is 13.2. The van der Waals surface area contributed by atoms with Gasteiger partial charge in [-0.2, -0.15) is 0 Å². The zero-order chi connectivity index (χ0) is 19.0. The highest BCUT2D eigenvalue weighted by molar-refractivity contribution is 5.95. The fourth-order valence-electron chi connectivity index (χ4n) is 4.44. The summed E-state index contributed by atoms with van der Waals surface area (Å²) >= 11 is 0. The second-order valence-electron chi connectivity index (χ2n) is 8.08. The molecular weight excluding hydrogens is 374 g/mol. The van der Waals surface area contributed by atoms with E-state index in [2.05, 4.69) is 5.32 Å². The monoisotopic (exact) mass is 401 g/mol. The Morgan fingerprint density at radius 1 is 1.11 bits per heavy atom. The number of carbonyl (C=O) groups is 1. The summed E-state index contributed by atoms with van der Waals surface area (Å²) in [4.78, 5) is 28.1. The molecule has 4 rings (SSSR count). The molecular formula is C22H28ClN3O2. The van der Waals surface area contributed by atoms with Crippen LogP contribution in [0.25, 0.3) is 0 Å².